The Labute approximate surface area is 150 Å². The molecule has 3 aromatic rings. The van der Waals surface area contributed by atoms with Gasteiger partial charge in [-0.3, -0.25) is 10.1 Å². The number of alkyl halides is 3. The predicted molar refractivity (Wildman–Crippen MR) is 92.1 cm³/mol. The maximum Gasteiger partial charge on any atom is 0.422 e. The van der Waals surface area contributed by atoms with Crippen molar-refractivity contribution in [3.05, 3.63) is 48.0 Å². The quantitative estimate of drug-likeness (QED) is 0.706. The van der Waals surface area contributed by atoms with Crippen LogP contribution >= 0.6 is 11.3 Å². The number of ether oxygens (including phenoxy) is 2. The van der Waals surface area contributed by atoms with Gasteiger partial charge in [-0.25, -0.2) is 4.98 Å². The lowest BCUT2D eigenvalue weighted by Gasteiger charge is -2.08. The molecule has 0 radical (unpaired) electrons. The van der Waals surface area contributed by atoms with E-state index in [1.165, 1.54) is 19.2 Å². The molecule has 5 nitrogen and oxygen atoms in total. The van der Waals surface area contributed by atoms with Gasteiger partial charge in [-0.2, -0.15) is 13.2 Å². The maximum absolute atomic E-state index is 12.3. The third-order valence-electron chi connectivity index (χ3n) is 3.31. The Morgan fingerprint density at radius 3 is 2.73 bits per heavy atom. The summed E-state index contributed by atoms with van der Waals surface area (Å²) in [5, 5.41) is 3.00. The Bertz CT molecular complexity index is 940. The number of methoxy groups -OCH3 is 1. The average molecular weight is 382 g/mol. The summed E-state index contributed by atoms with van der Waals surface area (Å²) in [5.41, 5.74) is 0.952. The molecule has 0 unspecified atom stereocenters. The van der Waals surface area contributed by atoms with Crippen LogP contribution in [0.3, 0.4) is 0 Å². The van der Waals surface area contributed by atoms with Crippen molar-refractivity contribution in [3.63, 3.8) is 0 Å². The molecule has 1 aromatic heterocycles. The van der Waals surface area contributed by atoms with Crippen molar-refractivity contribution in [2.75, 3.05) is 19.0 Å². The molecule has 3 rings (SSSR count). The van der Waals surface area contributed by atoms with Gasteiger partial charge in [-0.05, 0) is 36.4 Å². The molecule has 0 saturated carbocycles. The van der Waals surface area contributed by atoms with Gasteiger partial charge < -0.3 is 9.47 Å². The molecule has 0 aliphatic heterocycles. The molecule has 1 amide bonds. The van der Waals surface area contributed by atoms with Crippen molar-refractivity contribution in [1.29, 1.82) is 0 Å². The third kappa shape index (κ3) is 4.42. The summed E-state index contributed by atoms with van der Waals surface area (Å²) in [6.45, 7) is -1.36. The fourth-order valence-corrected chi connectivity index (χ4v) is 3.04. The minimum atomic E-state index is -4.40. The van der Waals surface area contributed by atoms with Crippen LogP contribution in [0.1, 0.15) is 10.4 Å². The normalized spacial score (nSPS) is 11.4. The van der Waals surface area contributed by atoms with Gasteiger partial charge in [-0.1, -0.05) is 17.4 Å². The smallest absolute Gasteiger partial charge is 0.422 e. The van der Waals surface area contributed by atoms with Gasteiger partial charge in [0.15, 0.2) is 11.7 Å². The molecule has 2 aromatic carbocycles. The van der Waals surface area contributed by atoms with Crippen LogP contribution in [0.2, 0.25) is 0 Å². The zero-order valence-electron chi connectivity index (χ0n) is 13.5. The van der Waals surface area contributed by atoms with Crippen LogP contribution in [0, 0.1) is 0 Å². The number of benzene rings is 2. The number of amides is 1. The number of carbonyl (C=O) groups is 1. The number of carbonyl (C=O) groups excluding carboxylic acids is 1. The Kier molecular flexibility index (Phi) is 4.99. The van der Waals surface area contributed by atoms with E-state index in [4.69, 9.17) is 9.47 Å². The van der Waals surface area contributed by atoms with E-state index in [1.807, 2.05) is 0 Å². The van der Waals surface area contributed by atoms with E-state index in [2.05, 4.69) is 10.3 Å². The van der Waals surface area contributed by atoms with Gasteiger partial charge in [0.25, 0.3) is 5.91 Å². The Morgan fingerprint density at radius 2 is 2.00 bits per heavy atom. The van der Waals surface area contributed by atoms with Gasteiger partial charge in [0, 0.05) is 5.56 Å². The SMILES string of the molecule is COc1cccc(C(=O)Nc2nc3ccc(OCC(F)(F)F)cc3s2)c1. The van der Waals surface area contributed by atoms with Crippen molar-refractivity contribution in [2.24, 2.45) is 0 Å². The fraction of sp³-hybridized carbons (Fsp3) is 0.176. The molecule has 26 heavy (non-hydrogen) atoms. The number of fused-ring (bicyclic) bond motifs is 1. The molecule has 0 bridgehead atoms. The topological polar surface area (TPSA) is 60.5 Å². The lowest BCUT2D eigenvalue weighted by Crippen LogP contribution is -2.19. The number of rotatable bonds is 5. The van der Waals surface area contributed by atoms with Gasteiger partial charge in [0.2, 0.25) is 0 Å². The van der Waals surface area contributed by atoms with E-state index in [0.717, 1.165) is 11.3 Å². The molecule has 0 fully saturated rings. The van der Waals surface area contributed by atoms with E-state index >= 15 is 0 Å². The first-order valence-corrected chi connectivity index (χ1v) is 8.21. The van der Waals surface area contributed by atoms with E-state index in [1.54, 1.807) is 30.3 Å². The average Bonchev–Trinajstić information content (AvgIpc) is 3.00. The van der Waals surface area contributed by atoms with Crippen molar-refractivity contribution in [3.8, 4) is 11.5 Å². The second-order valence-corrected chi connectivity index (χ2v) is 6.27. The van der Waals surface area contributed by atoms with Crippen LogP contribution in [-0.2, 0) is 0 Å². The summed E-state index contributed by atoms with van der Waals surface area (Å²) < 4.78 is 47.1. The highest BCUT2D eigenvalue weighted by Gasteiger charge is 2.28. The Morgan fingerprint density at radius 1 is 1.19 bits per heavy atom. The number of nitrogens with zero attached hydrogens (tertiary/aromatic N) is 1. The molecule has 0 aliphatic carbocycles. The summed E-state index contributed by atoms with van der Waals surface area (Å²) >= 11 is 1.14. The molecule has 0 spiro atoms. The number of nitrogens with one attached hydrogen (secondary N) is 1. The second-order valence-electron chi connectivity index (χ2n) is 5.24. The summed E-state index contributed by atoms with van der Waals surface area (Å²) in [5.74, 6) is 0.272. The fourth-order valence-electron chi connectivity index (χ4n) is 2.15. The first-order valence-electron chi connectivity index (χ1n) is 7.39. The molecular formula is C17H13F3N2O3S. The molecule has 0 atom stereocenters. The monoisotopic (exact) mass is 382 g/mol. The lowest BCUT2D eigenvalue weighted by atomic mass is 10.2. The molecular weight excluding hydrogens is 369 g/mol. The third-order valence-corrected chi connectivity index (χ3v) is 4.25. The van der Waals surface area contributed by atoms with Crippen LogP contribution in [0.15, 0.2) is 42.5 Å². The van der Waals surface area contributed by atoms with Crippen LogP contribution in [0.5, 0.6) is 11.5 Å². The summed E-state index contributed by atoms with van der Waals surface area (Å²) in [6.07, 6.45) is -4.40. The number of aromatic nitrogens is 1. The molecule has 0 saturated heterocycles. The van der Waals surface area contributed by atoms with Crippen LogP contribution in [0.4, 0.5) is 18.3 Å². The number of anilines is 1. The van der Waals surface area contributed by atoms with Crippen molar-refractivity contribution in [2.45, 2.75) is 6.18 Å². The zero-order valence-corrected chi connectivity index (χ0v) is 14.3. The number of halogens is 3. The first-order chi connectivity index (χ1) is 12.3. The Hall–Kier alpha value is -2.81. The zero-order chi connectivity index (χ0) is 18.7. The number of hydrogen-bond donors (Lipinski definition) is 1. The second kappa shape index (κ2) is 7.20. The van der Waals surface area contributed by atoms with E-state index in [0.29, 0.717) is 26.7 Å². The molecule has 1 N–H and O–H groups in total. The minimum Gasteiger partial charge on any atom is -0.497 e. The highest BCUT2D eigenvalue weighted by atomic mass is 32.1. The largest absolute Gasteiger partial charge is 0.497 e. The van der Waals surface area contributed by atoms with Gasteiger partial charge in [0.1, 0.15) is 11.5 Å². The van der Waals surface area contributed by atoms with Crippen molar-refractivity contribution in [1.82, 2.24) is 4.98 Å². The van der Waals surface area contributed by atoms with E-state index in [9.17, 15) is 18.0 Å². The highest BCUT2D eigenvalue weighted by Crippen LogP contribution is 2.30. The standard InChI is InChI=1S/C17H13F3N2O3S/c1-24-11-4-2-3-10(7-11)15(23)22-16-21-13-6-5-12(8-14(13)26-16)25-9-17(18,19)20/h2-8H,9H2,1H3,(H,21,22,23). The number of hydrogen-bond acceptors (Lipinski definition) is 5. The van der Waals surface area contributed by atoms with Crippen molar-refractivity contribution < 1.29 is 27.4 Å². The highest BCUT2D eigenvalue weighted by molar-refractivity contribution is 7.22. The van der Waals surface area contributed by atoms with Crippen LogP contribution in [-0.4, -0.2) is 30.8 Å². The molecule has 1 heterocycles. The van der Waals surface area contributed by atoms with Gasteiger partial charge in [0.05, 0.1) is 17.3 Å². The lowest BCUT2D eigenvalue weighted by molar-refractivity contribution is -0.153. The summed E-state index contributed by atoms with van der Waals surface area (Å²) in [4.78, 5) is 16.5. The molecule has 0 aliphatic rings. The summed E-state index contributed by atoms with van der Waals surface area (Å²) in [7, 11) is 1.50. The first kappa shape index (κ1) is 18.0. The number of thiazole rings is 1. The molecule has 9 heteroatoms. The predicted octanol–water partition coefficient (Wildman–Crippen LogP) is 4.50. The summed E-state index contributed by atoms with van der Waals surface area (Å²) in [6, 6.07) is 11.0. The molecule has 136 valence electrons. The maximum atomic E-state index is 12.3. The van der Waals surface area contributed by atoms with Gasteiger partial charge in [-0.15, -0.1) is 0 Å². The van der Waals surface area contributed by atoms with E-state index in [-0.39, 0.29) is 11.7 Å². The van der Waals surface area contributed by atoms with Crippen LogP contribution < -0.4 is 14.8 Å². The van der Waals surface area contributed by atoms with Crippen LogP contribution in [0.25, 0.3) is 10.2 Å². The van der Waals surface area contributed by atoms with Gasteiger partial charge >= 0.3 is 6.18 Å². The Balaban J connectivity index is 1.75. The minimum absolute atomic E-state index is 0.0872. The van der Waals surface area contributed by atoms with E-state index < -0.39 is 12.8 Å². The van der Waals surface area contributed by atoms with Crippen molar-refractivity contribution >= 4 is 32.6 Å².